The van der Waals surface area contributed by atoms with Gasteiger partial charge in [0.25, 0.3) is 0 Å². The summed E-state index contributed by atoms with van der Waals surface area (Å²) in [5.74, 6) is -2.65. The van der Waals surface area contributed by atoms with Crippen molar-refractivity contribution in [1.82, 2.24) is 0 Å². The smallest absolute Gasteiger partial charge is 0.416 e. The molecule has 0 aliphatic heterocycles. The average Bonchev–Trinajstić information content (AvgIpc) is 3.09. The molecule has 14 heteroatoms. The van der Waals surface area contributed by atoms with Crippen LogP contribution in [0.5, 0.6) is 11.5 Å². The van der Waals surface area contributed by atoms with E-state index < -0.39 is 54.8 Å². The average molecular weight is 788 g/mol. The van der Waals surface area contributed by atoms with E-state index in [1.165, 1.54) is 25.3 Å². The van der Waals surface area contributed by atoms with Crippen molar-refractivity contribution >= 4 is 43.8 Å². The number of hydrogen-bond donors (Lipinski definition) is 0. The van der Waals surface area contributed by atoms with Gasteiger partial charge in [-0.25, -0.2) is 22.0 Å². The fourth-order valence-electron chi connectivity index (χ4n) is 5.96. The Morgan fingerprint density at radius 1 is 0.960 bits per heavy atom. The molecule has 1 saturated carbocycles. The Bertz CT molecular complexity index is 1790. The van der Waals surface area contributed by atoms with E-state index in [1.54, 1.807) is 12.1 Å². The van der Waals surface area contributed by atoms with Crippen LogP contribution in [-0.2, 0) is 35.1 Å². The molecule has 0 bridgehead atoms. The molecular weight excluding hydrogens is 751 g/mol. The number of halogens is 6. The second-order valence-corrected chi connectivity index (χ2v) is 15.0. The number of rotatable bonds is 14. The molecule has 1 aliphatic carbocycles. The number of methoxy groups -OCH3 is 1. The molecular formula is C36H36BrF5O7S. The standard InChI is InChI=1S/C36H36BrF5O7S/c1-47-32-22-25(6-14-33(43)48-21-3-2-20-37)4-13-31(32)49-34(44)15-5-24-16-18-35(19-17-24,29-23-27(38)9-12-30(29)39)50(45,46)28-10-7-26(8-11-28)36(40,41)42/h4,6-14,22-24H,2-3,5,15-21H2,1H3/b14-6+/t24-,35+. The number of benzene rings is 3. The lowest BCUT2D eigenvalue weighted by Gasteiger charge is -2.40. The first kappa shape index (κ1) is 39.0. The lowest BCUT2D eigenvalue weighted by atomic mass is 9.76. The topological polar surface area (TPSA) is 96.0 Å². The molecule has 4 rings (SSSR count). The fraction of sp³-hybridized carbons (Fsp3) is 0.389. The fourth-order valence-corrected chi connectivity index (χ4v) is 8.52. The van der Waals surface area contributed by atoms with Gasteiger partial charge in [0, 0.05) is 23.4 Å². The zero-order valence-corrected chi connectivity index (χ0v) is 29.5. The molecule has 0 saturated heterocycles. The summed E-state index contributed by atoms with van der Waals surface area (Å²) in [6.45, 7) is 0.308. The van der Waals surface area contributed by atoms with Crippen molar-refractivity contribution in [3.63, 3.8) is 0 Å². The summed E-state index contributed by atoms with van der Waals surface area (Å²) in [6.07, 6.45) is 0.151. The molecule has 3 aromatic carbocycles. The molecule has 0 atom stereocenters. The predicted molar refractivity (Wildman–Crippen MR) is 180 cm³/mol. The van der Waals surface area contributed by atoms with Crippen LogP contribution in [0, 0.1) is 17.6 Å². The summed E-state index contributed by atoms with van der Waals surface area (Å²) < 4.78 is 111. The number of ether oxygens (including phenoxy) is 3. The van der Waals surface area contributed by atoms with Gasteiger partial charge in [0.15, 0.2) is 21.3 Å². The van der Waals surface area contributed by atoms with Gasteiger partial charge in [-0.05, 0) is 117 Å². The summed E-state index contributed by atoms with van der Waals surface area (Å²) in [7, 11) is -3.12. The molecule has 0 spiro atoms. The van der Waals surface area contributed by atoms with Crippen LogP contribution in [0.4, 0.5) is 22.0 Å². The number of carbonyl (C=O) groups is 2. The zero-order chi connectivity index (χ0) is 36.5. The number of unbranched alkanes of at least 4 members (excludes halogenated alkanes) is 1. The molecule has 0 unspecified atom stereocenters. The SMILES string of the molecule is COc1cc(/C=C/C(=O)OCCCCBr)ccc1OC(=O)CC[C@H]1CC[C@@](c2cc(F)ccc2F)(S(=O)(=O)c2ccc(C(F)(F)F)cc2)CC1. The number of alkyl halides is 4. The number of carbonyl (C=O) groups excluding carboxylic acids is 2. The Kier molecular flexibility index (Phi) is 13.2. The van der Waals surface area contributed by atoms with Gasteiger partial charge in [0.05, 0.1) is 24.2 Å². The third-order valence-corrected chi connectivity index (χ3v) is 11.8. The Labute approximate surface area is 295 Å². The third-order valence-electron chi connectivity index (χ3n) is 8.69. The van der Waals surface area contributed by atoms with Gasteiger partial charge in [-0.2, -0.15) is 13.2 Å². The number of esters is 2. The lowest BCUT2D eigenvalue weighted by molar-refractivity contribution is -0.138. The highest BCUT2D eigenvalue weighted by Crippen LogP contribution is 2.50. The van der Waals surface area contributed by atoms with E-state index in [2.05, 4.69) is 15.9 Å². The van der Waals surface area contributed by atoms with Crippen LogP contribution in [0.25, 0.3) is 6.08 Å². The second kappa shape index (κ2) is 17.0. The monoisotopic (exact) mass is 786 g/mol. The molecule has 0 radical (unpaired) electrons. The molecule has 1 fully saturated rings. The van der Waals surface area contributed by atoms with E-state index in [4.69, 9.17) is 14.2 Å². The Morgan fingerprint density at radius 3 is 2.30 bits per heavy atom. The molecule has 0 aromatic heterocycles. The van der Waals surface area contributed by atoms with Crippen LogP contribution in [0.3, 0.4) is 0 Å². The molecule has 0 amide bonds. The van der Waals surface area contributed by atoms with Crippen molar-refractivity contribution in [1.29, 1.82) is 0 Å². The molecule has 1 aliphatic rings. The van der Waals surface area contributed by atoms with Gasteiger partial charge in [0.2, 0.25) is 0 Å². The van der Waals surface area contributed by atoms with Crippen molar-refractivity contribution in [2.45, 2.75) is 67.2 Å². The van der Waals surface area contributed by atoms with E-state index in [1.807, 2.05) is 0 Å². The highest BCUT2D eigenvalue weighted by molar-refractivity contribution is 9.09. The summed E-state index contributed by atoms with van der Waals surface area (Å²) in [6, 6.07) is 10.2. The highest BCUT2D eigenvalue weighted by atomic mass is 79.9. The van der Waals surface area contributed by atoms with Crippen molar-refractivity contribution in [2.24, 2.45) is 5.92 Å². The van der Waals surface area contributed by atoms with Crippen LogP contribution in [0.1, 0.15) is 68.1 Å². The summed E-state index contributed by atoms with van der Waals surface area (Å²) in [5, 5.41) is 0.822. The molecule has 0 N–H and O–H groups in total. The van der Waals surface area contributed by atoms with Crippen LogP contribution < -0.4 is 9.47 Å². The van der Waals surface area contributed by atoms with E-state index >= 15 is 4.39 Å². The second-order valence-electron chi connectivity index (χ2n) is 11.9. The maximum Gasteiger partial charge on any atom is 0.416 e. The van der Waals surface area contributed by atoms with Crippen LogP contribution >= 0.6 is 15.9 Å². The van der Waals surface area contributed by atoms with E-state index in [-0.39, 0.29) is 55.1 Å². The molecule has 270 valence electrons. The summed E-state index contributed by atoms with van der Waals surface area (Å²) in [4.78, 5) is 24.3. The minimum absolute atomic E-state index is 0.0383. The minimum Gasteiger partial charge on any atom is -0.493 e. The van der Waals surface area contributed by atoms with Crippen LogP contribution in [0.15, 0.2) is 71.6 Å². The van der Waals surface area contributed by atoms with E-state index in [0.29, 0.717) is 30.7 Å². The van der Waals surface area contributed by atoms with Crippen LogP contribution in [0.2, 0.25) is 0 Å². The van der Waals surface area contributed by atoms with E-state index in [9.17, 15) is 35.6 Å². The molecule has 0 heterocycles. The minimum atomic E-state index is -4.69. The quantitative estimate of drug-likeness (QED) is 0.0402. The number of sulfone groups is 1. The molecule has 3 aromatic rings. The third kappa shape index (κ3) is 9.51. The maximum atomic E-state index is 15.2. The predicted octanol–water partition coefficient (Wildman–Crippen LogP) is 8.97. The van der Waals surface area contributed by atoms with Gasteiger partial charge < -0.3 is 14.2 Å². The van der Waals surface area contributed by atoms with Gasteiger partial charge in [-0.15, -0.1) is 0 Å². The lowest BCUT2D eigenvalue weighted by Crippen LogP contribution is -2.40. The van der Waals surface area contributed by atoms with E-state index in [0.717, 1.165) is 48.5 Å². The first-order valence-electron chi connectivity index (χ1n) is 15.9. The maximum absolute atomic E-state index is 15.2. The number of hydrogen-bond acceptors (Lipinski definition) is 7. The van der Waals surface area contributed by atoms with Gasteiger partial charge >= 0.3 is 18.1 Å². The molecule has 50 heavy (non-hydrogen) atoms. The van der Waals surface area contributed by atoms with Crippen molar-refractivity contribution in [3.8, 4) is 11.5 Å². The Balaban J connectivity index is 1.42. The summed E-state index contributed by atoms with van der Waals surface area (Å²) >= 11 is 3.31. The largest absolute Gasteiger partial charge is 0.493 e. The molecule has 7 nitrogen and oxygen atoms in total. The van der Waals surface area contributed by atoms with Crippen molar-refractivity contribution in [3.05, 3.63) is 95.1 Å². The van der Waals surface area contributed by atoms with Gasteiger partial charge in [0.1, 0.15) is 16.4 Å². The van der Waals surface area contributed by atoms with Crippen LogP contribution in [-0.4, -0.2) is 39.4 Å². The van der Waals surface area contributed by atoms with Crippen molar-refractivity contribution < 1.29 is 54.2 Å². The van der Waals surface area contributed by atoms with Gasteiger partial charge in [-0.3, -0.25) is 4.79 Å². The van der Waals surface area contributed by atoms with Gasteiger partial charge in [-0.1, -0.05) is 22.0 Å². The first-order valence-corrected chi connectivity index (χ1v) is 18.5. The first-order chi connectivity index (χ1) is 23.7. The summed E-state index contributed by atoms with van der Waals surface area (Å²) in [5.41, 5.74) is -0.828. The Morgan fingerprint density at radius 2 is 1.66 bits per heavy atom. The zero-order valence-electron chi connectivity index (χ0n) is 27.1. The Hall–Kier alpha value is -3.78. The van der Waals surface area contributed by atoms with Crippen molar-refractivity contribution in [2.75, 3.05) is 19.0 Å². The normalized spacial score (nSPS) is 18.2. The highest BCUT2D eigenvalue weighted by Gasteiger charge is 2.50.